The number of aliphatic hydroxyl groups is 1. The molecule has 13 heavy (non-hydrogen) atoms. The zero-order chi connectivity index (χ0) is 9.90. The molecular weight excluding hydrogens is 199 g/mol. The number of hydrogen-bond donors (Lipinski definition) is 1. The van der Waals surface area contributed by atoms with Crippen molar-refractivity contribution in [2.24, 2.45) is 5.92 Å². The lowest BCUT2D eigenvalue weighted by atomic mass is 9.97. The van der Waals surface area contributed by atoms with Gasteiger partial charge in [0.05, 0.1) is 12.7 Å². The molecule has 0 aromatic carbocycles. The average molecular weight is 212 g/mol. The molecule has 2 atom stereocenters. The van der Waals surface area contributed by atoms with E-state index in [2.05, 4.69) is 0 Å². The molecule has 0 aliphatic carbocycles. The Labute approximate surface area is 76.9 Å². The van der Waals surface area contributed by atoms with Gasteiger partial charge in [-0.1, -0.05) is 0 Å². The lowest BCUT2D eigenvalue weighted by Crippen LogP contribution is -2.33. The van der Waals surface area contributed by atoms with Crippen molar-refractivity contribution in [3.8, 4) is 0 Å². The Morgan fingerprint density at radius 3 is 2.77 bits per heavy atom. The summed E-state index contributed by atoms with van der Waals surface area (Å²) >= 11 is 0. The van der Waals surface area contributed by atoms with Crippen molar-refractivity contribution in [2.75, 3.05) is 19.0 Å². The minimum absolute atomic E-state index is 0.251. The summed E-state index contributed by atoms with van der Waals surface area (Å²) in [6.45, 7) is 0.947. The fourth-order valence-electron chi connectivity index (χ4n) is 1.41. The summed E-state index contributed by atoms with van der Waals surface area (Å²) in [5.74, 6) is -1.07. The Morgan fingerprint density at radius 2 is 2.31 bits per heavy atom. The normalized spacial score (nSPS) is 27.1. The molecule has 0 aromatic rings. The van der Waals surface area contributed by atoms with Gasteiger partial charge in [0, 0.05) is 12.5 Å². The highest BCUT2D eigenvalue weighted by atomic mass is 32.3. The Bertz CT molecular complexity index is 245. The van der Waals surface area contributed by atoms with Crippen LogP contribution in [0.5, 0.6) is 0 Å². The molecule has 78 valence electrons. The molecule has 1 heterocycles. The number of ether oxygens (including phenoxy) is 1. The fraction of sp³-hybridized carbons (Fsp3) is 1.00. The van der Waals surface area contributed by atoms with Gasteiger partial charge in [0.25, 0.3) is 0 Å². The molecule has 0 spiro atoms. The van der Waals surface area contributed by atoms with Crippen LogP contribution in [0, 0.1) is 5.92 Å². The largest absolute Gasteiger partial charge is 0.392 e. The predicted molar refractivity (Wildman–Crippen MR) is 44.4 cm³/mol. The molecule has 1 aliphatic rings. The number of halogens is 1. The molecule has 4 nitrogen and oxygen atoms in total. The number of aliphatic hydroxyl groups excluding tert-OH is 1. The van der Waals surface area contributed by atoms with E-state index < -0.39 is 22.1 Å². The number of hydrogen-bond acceptors (Lipinski definition) is 4. The van der Waals surface area contributed by atoms with Crippen molar-refractivity contribution in [2.45, 2.75) is 18.9 Å². The van der Waals surface area contributed by atoms with Crippen LogP contribution in [0.25, 0.3) is 0 Å². The molecular formula is C7H13FO4S. The molecule has 6 heteroatoms. The summed E-state index contributed by atoms with van der Waals surface area (Å²) in [5, 5.41) is 9.31. The zero-order valence-electron chi connectivity index (χ0n) is 7.15. The second kappa shape index (κ2) is 4.34. The van der Waals surface area contributed by atoms with Crippen molar-refractivity contribution < 1.29 is 22.1 Å². The molecule has 0 aromatic heterocycles. The van der Waals surface area contributed by atoms with E-state index in [1.807, 2.05) is 0 Å². The van der Waals surface area contributed by atoms with Crippen molar-refractivity contribution in [3.05, 3.63) is 0 Å². The summed E-state index contributed by atoms with van der Waals surface area (Å²) in [5.41, 5.74) is 0. The Balaban J connectivity index is 2.42. The van der Waals surface area contributed by atoms with Crippen molar-refractivity contribution in [1.82, 2.24) is 0 Å². The van der Waals surface area contributed by atoms with E-state index in [4.69, 9.17) is 4.74 Å². The Hall–Kier alpha value is -0.200. The van der Waals surface area contributed by atoms with E-state index in [-0.39, 0.29) is 5.92 Å². The molecule has 1 N–H and O–H groups in total. The first-order valence-electron chi connectivity index (χ1n) is 4.17. The monoisotopic (exact) mass is 212 g/mol. The second-order valence-corrected chi connectivity index (χ2v) is 4.66. The highest BCUT2D eigenvalue weighted by Gasteiger charge is 2.26. The maximum Gasteiger partial charge on any atom is 0.304 e. The minimum atomic E-state index is -4.58. The molecule has 2 unspecified atom stereocenters. The Morgan fingerprint density at radius 1 is 1.62 bits per heavy atom. The summed E-state index contributed by atoms with van der Waals surface area (Å²) in [4.78, 5) is 0. The van der Waals surface area contributed by atoms with E-state index >= 15 is 0 Å². The lowest BCUT2D eigenvalue weighted by Gasteiger charge is -2.25. The third kappa shape index (κ3) is 4.02. The first kappa shape index (κ1) is 10.9. The molecule has 0 amide bonds. The van der Waals surface area contributed by atoms with Crippen LogP contribution >= 0.6 is 0 Å². The fourth-order valence-corrected chi connectivity index (χ4v) is 2.09. The second-order valence-electron chi connectivity index (χ2n) is 3.25. The van der Waals surface area contributed by atoms with Crippen LogP contribution in [0.15, 0.2) is 0 Å². The van der Waals surface area contributed by atoms with Crippen LogP contribution in [0.1, 0.15) is 12.8 Å². The van der Waals surface area contributed by atoms with Gasteiger partial charge in [0.2, 0.25) is 0 Å². The summed E-state index contributed by atoms with van der Waals surface area (Å²) < 4.78 is 37.6. The minimum Gasteiger partial charge on any atom is -0.392 e. The average Bonchev–Trinajstić information content (AvgIpc) is 2.03. The highest BCUT2D eigenvalue weighted by Crippen LogP contribution is 2.18. The summed E-state index contributed by atoms with van der Waals surface area (Å²) in [7, 11) is -4.58. The standard InChI is InChI=1S/C7H13FO4S/c8-13(10,11)5-7(9)6-2-1-3-12-4-6/h6-7,9H,1-5H2. The van der Waals surface area contributed by atoms with Gasteiger partial charge in [-0.2, -0.15) is 8.42 Å². The predicted octanol–water partition coefficient (Wildman–Crippen LogP) is 0.0732. The van der Waals surface area contributed by atoms with E-state index in [0.29, 0.717) is 19.6 Å². The molecule has 0 bridgehead atoms. The third-order valence-electron chi connectivity index (χ3n) is 2.11. The van der Waals surface area contributed by atoms with Crippen LogP contribution in [0.2, 0.25) is 0 Å². The van der Waals surface area contributed by atoms with Gasteiger partial charge in [0.1, 0.15) is 5.75 Å². The zero-order valence-corrected chi connectivity index (χ0v) is 7.96. The maximum atomic E-state index is 12.2. The van der Waals surface area contributed by atoms with Gasteiger partial charge in [0.15, 0.2) is 0 Å². The van der Waals surface area contributed by atoms with Crippen LogP contribution in [0.3, 0.4) is 0 Å². The smallest absolute Gasteiger partial charge is 0.304 e. The van der Waals surface area contributed by atoms with Crippen molar-refractivity contribution in [3.63, 3.8) is 0 Å². The topological polar surface area (TPSA) is 63.6 Å². The quantitative estimate of drug-likeness (QED) is 0.672. The molecule has 1 saturated heterocycles. The molecule has 0 radical (unpaired) electrons. The highest BCUT2D eigenvalue weighted by molar-refractivity contribution is 7.86. The molecule has 1 fully saturated rings. The Kier molecular flexibility index (Phi) is 3.63. The van der Waals surface area contributed by atoms with Gasteiger partial charge < -0.3 is 9.84 Å². The van der Waals surface area contributed by atoms with Crippen LogP contribution < -0.4 is 0 Å². The molecule has 1 aliphatic heterocycles. The summed E-state index contributed by atoms with van der Waals surface area (Å²) in [6.07, 6.45) is 0.334. The van der Waals surface area contributed by atoms with Gasteiger partial charge in [-0.05, 0) is 12.8 Å². The first-order valence-corrected chi connectivity index (χ1v) is 5.72. The van der Waals surface area contributed by atoms with Gasteiger partial charge >= 0.3 is 10.2 Å². The van der Waals surface area contributed by atoms with E-state index in [0.717, 1.165) is 6.42 Å². The molecule has 0 saturated carbocycles. The van der Waals surface area contributed by atoms with E-state index in [9.17, 15) is 17.4 Å². The van der Waals surface area contributed by atoms with Crippen LogP contribution in [0.4, 0.5) is 3.89 Å². The lowest BCUT2D eigenvalue weighted by molar-refractivity contribution is -0.000787. The maximum absolute atomic E-state index is 12.2. The number of rotatable bonds is 3. The summed E-state index contributed by atoms with van der Waals surface area (Å²) in [6, 6.07) is 0. The first-order chi connectivity index (χ1) is 5.99. The van der Waals surface area contributed by atoms with E-state index in [1.165, 1.54) is 0 Å². The van der Waals surface area contributed by atoms with Gasteiger partial charge in [-0.3, -0.25) is 0 Å². The van der Waals surface area contributed by atoms with E-state index in [1.54, 1.807) is 0 Å². The van der Waals surface area contributed by atoms with Gasteiger partial charge in [-0.25, -0.2) is 0 Å². The van der Waals surface area contributed by atoms with Crippen molar-refractivity contribution >= 4 is 10.2 Å². The third-order valence-corrected chi connectivity index (χ3v) is 2.85. The van der Waals surface area contributed by atoms with Crippen molar-refractivity contribution in [1.29, 1.82) is 0 Å². The SMILES string of the molecule is O=S(=O)(F)CC(O)C1CCCOC1. The molecule has 1 rings (SSSR count). The van der Waals surface area contributed by atoms with Crippen LogP contribution in [-0.4, -0.2) is 38.6 Å². The van der Waals surface area contributed by atoms with Crippen LogP contribution in [-0.2, 0) is 15.0 Å². The van der Waals surface area contributed by atoms with Gasteiger partial charge in [-0.15, -0.1) is 3.89 Å².